The van der Waals surface area contributed by atoms with Crippen LogP contribution in [0.3, 0.4) is 0 Å². The van der Waals surface area contributed by atoms with E-state index < -0.39 is 0 Å². The van der Waals surface area contributed by atoms with Gasteiger partial charge in [-0.3, -0.25) is 4.90 Å². The van der Waals surface area contributed by atoms with E-state index in [1.807, 2.05) is 11.8 Å². The fraction of sp³-hybridized carbons (Fsp3) is 0.929. The summed E-state index contributed by atoms with van der Waals surface area (Å²) in [6.07, 6.45) is 3.50. The fourth-order valence-corrected chi connectivity index (χ4v) is 4.02. The summed E-state index contributed by atoms with van der Waals surface area (Å²) in [6, 6.07) is 0.929. The summed E-state index contributed by atoms with van der Waals surface area (Å²) in [7, 11) is 0. The molecule has 0 aromatic rings. The van der Waals surface area contributed by atoms with Gasteiger partial charge >= 0.3 is 6.09 Å². The Balaban J connectivity index is 0.00000110. The highest BCUT2D eigenvalue weighted by atomic mass is 35.5. The van der Waals surface area contributed by atoms with Crippen LogP contribution in [0, 0.1) is 11.8 Å². The van der Waals surface area contributed by atoms with Crippen molar-refractivity contribution in [2.24, 2.45) is 17.6 Å². The lowest BCUT2D eigenvalue weighted by molar-refractivity contribution is 0.0925. The highest BCUT2D eigenvalue weighted by Gasteiger charge is 2.43. The predicted octanol–water partition coefficient (Wildman–Crippen LogP) is 1.73. The van der Waals surface area contributed by atoms with Crippen LogP contribution in [-0.4, -0.2) is 60.8 Å². The van der Waals surface area contributed by atoms with Crippen molar-refractivity contribution in [3.05, 3.63) is 0 Å². The highest BCUT2D eigenvalue weighted by molar-refractivity contribution is 5.85. The van der Waals surface area contributed by atoms with E-state index in [1.165, 1.54) is 12.8 Å². The first-order valence-corrected chi connectivity index (χ1v) is 7.60. The van der Waals surface area contributed by atoms with E-state index in [2.05, 4.69) is 4.90 Å². The van der Waals surface area contributed by atoms with Gasteiger partial charge in [-0.1, -0.05) is 0 Å². The molecule has 2 heterocycles. The zero-order chi connectivity index (χ0) is 13.4. The van der Waals surface area contributed by atoms with Gasteiger partial charge in [0, 0.05) is 38.3 Å². The zero-order valence-corrected chi connectivity index (χ0v) is 14.2. The van der Waals surface area contributed by atoms with Crippen LogP contribution in [0.5, 0.6) is 0 Å². The number of rotatable bonds is 2. The number of hydrogen-bond donors (Lipinski definition) is 1. The first-order valence-electron chi connectivity index (χ1n) is 7.60. The monoisotopic (exact) mass is 339 g/mol. The second-order valence-electron chi connectivity index (χ2n) is 6.22. The minimum Gasteiger partial charge on any atom is -0.450 e. The number of nitrogens with zero attached hydrogens (tertiary/aromatic N) is 2. The van der Waals surface area contributed by atoms with Crippen molar-refractivity contribution >= 4 is 30.9 Å². The molecule has 21 heavy (non-hydrogen) atoms. The van der Waals surface area contributed by atoms with E-state index in [9.17, 15) is 4.79 Å². The van der Waals surface area contributed by atoms with E-state index in [-0.39, 0.29) is 30.9 Å². The molecular weight excluding hydrogens is 313 g/mol. The van der Waals surface area contributed by atoms with Gasteiger partial charge in [-0.2, -0.15) is 0 Å². The van der Waals surface area contributed by atoms with Crippen molar-refractivity contribution < 1.29 is 9.53 Å². The topological polar surface area (TPSA) is 58.8 Å². The second-order valence-corrected chi connectivity index (χ2v) is 6.22. The fourth-order valence-electron chi connectivity index (χ4n) is 4.02. The number of halogens is 2. The molecule has 3 aliphatic rings. The average Bonchev–Trinajstić information content (AvgIpc) is 2.93. The van der Waals surface area contributed by atoms with Crippen molar-refractivity contribution in [1.82, 2.24) is 9.80 Å². The molecule has 124 valence electrons. The number of likely N-dealkylation sites (tertiary alicyclic amines) is 2. The summed E-state index contributed by atoms with van der Waals surface area (Å²) in [5.41, 5.74) is 6.25. The van der Waals surface area contributed by atoms with Gasteiger partial charge < -0.3 is 15.4 Å². The van der Waals surface area contributed by atoms with Crippen LogP contribution < -0.4 is 5.73 Å². The van der Waals surface area contributed by atoms with E-state index in [0.29, 0.717) is 30.5 Å². The maximum atomic E-state index is 11.7. The normalized spacial score (nSPS) is 35.0. The molecule has 4 atom stereocenters. The van der Waals surface area contributed by atoms with Gasteiger partial charge in [-0.15, -0.1) is 24.8 Å². The lowest BCUT2D eigenvalue weighted by Gasteiger charge is -2.39. The molecule has 2 aliphatic heterocycles. The van der Waals surface area contributed by atoms with Crippen molar-refractivity contribution in [3.63, 3.8) is 0 Å². The second kappa shape index (κ2) is 7.86. The van der Waals surface area contributed by atoms with Crippen LogP contribution >= 0.6 is 24.8 Å². The molecular formula is C14H27Cl2N3O2. The van der Waals surface area contributed by atoms with Crippen LogP contribution in [0.25, 0.3) is 0 Å². The van der Waals surface area contributed by atoms with Gasteiger partial charge in [0.2, 0.25) is 0 Å². The van der Waals surface area contributed by atoms with Gasteiger partial charge in [0.1, 0.15) is 0 Å². The minimum atomic E-state index is -0.151. The third-order valence-corrected chi connectivity index (χ3v) is 5.14. The van der Waals surface area contributed by atoms with E-state index in [0.717, 1.165) is 32.6 Å². The molecule has 2 N–H and O–H groups in total. The molecule has 1 aliphatic carbocycles. The maximum Gasteiger partial charge on any atom is 0.409 e. The number of carbonyl (C=O) groups excluding carboxylic acids is 1. The highest BCUT2D eigenvalue weighted by Crippen LogP contribution is 2.37. The molecule has 2 saturated heterocycles. The van der Waals surface area contributed by atoms with Gasteiger partial charge in [0.15, 0.2) is 0 Å². The zero-order valence-electron chi connectivity index (χ0n) is 12.6. The molecule has 3 rings (SSSR count). The van der Waals surface area contributed by atoms with Crippen molar-refractivity contribution in [2.45, 2.75) is 38.3 Å². The van der Waals surface area contributed by atoms with Crippen LogP contribution in [0.2, 0.25) is 0 Å². The third-order valence-electron chi connectivity index (χ3n) is 5.14. The summed E-state index contributed by atoms with van der Waals surface area (Å²) < 4.78 is 5.08. The summed E-state index contributed by atoms with van der Waals surface area (Å²) in [4.78, 5) is 16.2. The van der Waals surface area contributed by atoms with Crippen molar-refractivity contribution in [1.29, 1.82) is 0 Å². The Morgan fingerprint density at radius 1 is 1.14 bits per heavy atom. The van der Waals surface area contributed by atoms with Gasteiger partial charge in [-0.05, 0) is 38.0 Å². The van der Waals surface area contributed by atoms with Gasteiger partial charge in [0.05, 0.1) is 6.61 Å². The Bertz CT molecular complexity index is 345. The Kier molecular flexibility index (Phi) is 7.04. The van der Waals surface area contributed by atoms with E-state index in [1.54, 1.807) is 0 Å². The van der Waals surface area contributed by atoms with Crippen LogP contribution in [0.15, 0.2) is 0 Å². The Morgan fingerprint density at radius 2 is 1.76 bits per heavy atom. The third kappa shape index (κ3) is 3.76. The van der Waals surface area contributed by atoms with E-state index in [4.69, 9.17) is 10.5 Å². The molecule has 0 aromatic carbocycles. The smallest absolute Gasteiger partial charge is 0.409 e. The SMILES string of the molecule is CCOC(=O)N1CCC(N2C[C@H]3CC[C@@H](C2)C3N)C1.Cl.Cl. The molecule has 2 bridgehead atoms. The number of amides is 1. The molecule has 7 heteroatoms. The molecule has 3 fully saturated rings. The first kappa shape index (κ1) is 18.8. The largest absolute Gasteiger partial charge is 0.450 e. The number of fused-ring (bicyclic) bond motifs is 2. The Hall–Kier alpha value is -0.230. The minimum absolute atomic E-state index is 0. The quantitative estimate of drug-likeness (QED) is 0.832. The number of carbonyl (C=O) groups is 1. The number of nitrogens with two attached hydrogens (primary N) is 1. The van der Waals surface area contributed by atoms with Crippen molar-refractivity contribution in [3.8, 4) is 0 Å². The predicted molar refractivity (Wildman–Crippen MR) is 87.3 cm³/mol. The Labute approximate surface area is 139 Å². The van der Waals surface area contributed by atoms with Crippen LogP contribution in [-0.2, 0) is 4.74 Å². The van der Waals surface area contributed by atoms with Crippen LogP contribution in [0.1, 0.15) is 26.2 Å². The lowest BCUT2D eigenvalue weighted by Crippen LogP contribution is -2.52. The standard InChI is InChI=1S/C14H25N3O2.2ClH/c1-2-19-14(18)16-6-5-12(9-16)17-7-10-3-4-11(8-17)13(10)15;;/h10-13H,2-9,15H2,1H3;2*1H/t10-,11+,12?,13?;;. The summed E-state index contributed by atoms with van der Waals surface area (Å²) in [5.74, 6) is 1.35. The molecule has 0 radical (unpaired) electrons. The molecule has 5 nitrogen and oxygen atoms in total. The maximum absolute atomic E-state index is 11.7. The molecule has 1 amide bonds. The summed E-state index contributed by atoms with van der Waals surface area (Å²) in [6.45, 7) is 6.23. The van der Waals surface area contributed by atoms with Gasteiger partial charge in [-0.25, -0.2) is 4.79 Å². The van der Waals surface area contributed by atoms with Crippen LogP contribution in [0.4, 0.5) is 4.79 Å². The molecule has 0 spiro atoms. The Morgan fingerprint density at radius 3 is 2.33 bits per heavy atom. The number of piperidine rings is 1. The molecule has 2 unspecified atom stereocenters. The molecule has 0 aromatic heterocycles. The van der Waals surface area contributed by atoms with Gasteiger partial charge in [0.25, 0.3) is 0 Å². The van der Waals surface area contributed by atoms with Crippen molar-refractivity contribution in [2.75, 3.05) is 32.8 Å². The van der Waals surface area contributed by atoms with E-state index >= 15 is 0 Å². The lowest BCUT2D eigenvalue weighted by atomic mass is 9.92. The molecule has 1 saturated carbocycles. The average molecular weight is 340 g/mol. The summed E-state index contributed by atoms with van der Waals surface area (Å²) >= 11 is 0. The first-order chi connectivity index (χ1) is 9.19. The number of hydrogen-bond acceptors (Lipinski definition) is 4. The summed E-state index contributed by atoms with van der Waals surface area (Å²) in [5, 5.41) is 0. The number of ether oxygens (including phenoxy) is 1.